The third kappa shape index (κ3) is 2.06. The van der Waals surface area contributed by atoms with E-state index in [1.165, 1.54) is 36.0 Å². The molecule has 0 aliphatic heterocycles. The van der Waals surface area contributed by atoms with E-state index < -0.39 is 0 Å². The molecule has 1 aromatic heterocycles. The first-order valence-corrected chi connectivity index (χ1v) is 7.45. The number of anilines is 1. The summed E-state index contributed by atoms with van der Waals surface area (Å²) in [5.74, 6) is 0. The highest BCUT2D eigenvalue weighted by molar-refractivity contribution is 7.13. The average Bonchev–Trinajstić information content (AvgIpc) is 3.08. The molecule has 1 fully saturated rings. The molecule has 19 heavy (non-hydrogen) atoms. The number of nitrogens with one attached hydrogen (secondary N) is 1. The van der Waals surface area contributed by atoms with E-state index in [0.717, 1.165) is 24.1 Å². The molecule has 2 aromatic rings. The minimum Gasteiger partial charge on any atom is -0.375 e. The molecule has 98 valence electrons. The van der Waals surface area contributed by atoms with Crippen molar-refractivity contribution < 1.29 is 0 Å². The fraction of sp³-hybridized carbons (Fsp3) is 0.333. The van der Waals surface area contributed by atoms with Gasteiger partial charge in [-0.25, -0.2) is 4.98 Å². The van der Waals surface area contributed by atoms with E-state index in [2.05, 4.69) is 22.5 Å². The predicted molar refractivity (Wildman–Crippen MR) is 80.1 cm³/mol. The van der Waals surface area contributed by atoms with Crippen LogP contribution in [-0.2, 0) is 5.41 Å². The van der Waals surface area contributed by atoms with Crippen LogP contribution in [0.15, 0.2) is 29.6 Å². The number of nitrogens with zero attached hydrogens (tertiary/aromatic N) is 1. The van der Waals surface area contributed by atoms with Gasteiger partial charge >= 0.3 is 0 Å². The summed E-state index contributed by atoms with van der Waals surface area (Å²) in [4.78, 5) is 4.54. The van der Waals surface area contributed by atoms with E-state index in [-0.39, 0.29) is 5.41 Å². The van der Waals surface area contributed by atoms with Crippen molar-refractivity contribution in [2.24, 2.45) is 0 Å². The van der Waals surface area contributed by atoms with E-state index >= 15 is 0 Å². The number of nitrogens with two attached hydrogens (primary N) is 1. The zero-order valence-corrected chi connectivity index (χ0v) is 11.5. The minimum absolute atomic E-state index is 0.00708. The molecule has 1 aliphatic rings. The molecule has 1 aromatic carbocycles. The lowest BCUT2D eigenvalue weighted by Gasteiger charge is -2.28. The summed E-state index contributed by atoms with van der Waals surface area (Å²) in [5, 5.41) is 10.2. The number of rotatable bonds is 3. The van der Waals surface area contributed by atoms with Gasteiger partial charge in [-0.15, -0.1) is 11.3 Å². The van der Waals surface area contributed by atoms with Crippen LogP contribution in [0.1, 0.15) is 42.5 Å². The molecule has 0 saturated heterocycles. The van der Waals surface area contributed by atoms with Gasteiger partial charge in [0.15, 0.2) is 5.13 Å². The lowest BCUT2D eigenvalue weighted by atomic mass is 9.76. The largest absolute Gasteiger partial charge is 0.375 e. The van der Waals surface area contributed by atoms with Gasteiger partial charge in [0.05, 0.1) is 5.69 Å². The standard InChI is InChI=1S/C15H17N3S/c16-9-11-4-3-5-12(8-11)15(6-1-2-7-15)13-10-19-14(17)18-13/h3-5,8-10,16H,1-2,6-7H2,(H2,17,18). The fourth-order valence-electron chi connectivity index (χ4n) is 3.10. The van der Waals surface area contributed by atoms with Crippen LogP contribution in [0.2, 0.25) is 0 Å². The molecule has 0 atom stereocenters. The second kappa shape index (κ2) is 4.78. The Bertz CT molecular complexity index is 597. The van der Waals surface area contributed by atoms with Gasteiger partial charge in [-0.3, -0.25) is 0 Å². The Balaban J connectivity index is 2.12. The highest BCUT2D eigenvalue weighted by Crippen LogP contribution is 2.46. The quantitative estimate of drug-likeness (QED) is 0.838. The molecular formula is C15H17N3S. The average molecular weight is 271 g/mol. The number of hydrogen-bond acceptors (Lipinski definition) is 4. The Morgan fingerprint density at radius 2 is 2.11 bits per heavy atom. The maximum atomic E-state index is 7.42. The van der Waals surface area contributed by atoms with Crippen molar-refractivity contribution in [2.75, 3.05) is 5.73 Å². The Morgan fingerprint density at radius 3 is 2.74 bits per heavy atom. The number of benzene rings is 1. The molecule has 3 nitrogen and oxygen atoms in total. The first-order valence-electron chi connectivity index (χ1n) is 6.57. The lowest BCUT2D eigenvalue weighted by molar-refractivity contribution is 0.522. The van der Waals surface area contributed by atoms with E-state index in [1.54, 1.807) is 0 Å². The van der Waals surface area contributed by atoms with Gasteiger partial charge in [0.1, 0.15) is 0 Å². The van der Waals surface area contributed by atoms with Gasteiger partial charge < -0.3 is 11.1 Å². The van der Waals surface area contributed by atoms with Crippen LogP contribution in [0.3, 0.4) is 0 Å². The SMILES string of the molecule is N=Cc1cccc(C2(c3csc(N)n3)CCCC2)c1. The predicted octanol–water partition coefficient (Wildman–Crippen LogP) is 3.58. The summed E-state index contributed by atoms with van der Waals surface area (Å²) in [5.41, 5.74) is 9.15. The first kappa shape index (κ1) is 12.4. The van der Waals surface area contributed by atoms with Gasteiger partial charge in [0.25, 0.3) is 0 Å². The molecule has 0 radical (unpaired) electrons. The molecule has 1 aliphatic carbocycles. The maximum Gasteiger partial charge on any atom is 0.180 e. The molecule has 0 bridgehead atoms. The molecule has 1 saturated carbocycles. The second-order valence-electron chi connectivity index (χ2n) is 5.13. The number of hydrogen-bond donors (Lipinski definition) is 2. The smallest absolute Gasteiger partial charge is 0.180 e. The zero-order chi connectivity index (χ0) is 13.3. The van der Waals surface area contributed by atoms with E-state index in [0.29, 0.717) is 5.13 Å². The van der Waals surface area contributed by atoms with Crippen molar-refractivity contribution in [1.82, 2.24) is 4.98 Å². The first-order chi connectivity index (χ1) is 9.24. The van der Waals surface area contributed by atoms with Gasteiger partial charge in [-0.1, -0.05) is 31.0 Å². The number of thiazole rings is 1. The Morgan fingerprint density at radius 1 is 1.32 bits per heavy atom. The third-order valence-corrected chi connectivity index (χ3v) is 4.75. The lowest BCUT2D eigenvalue weighted by Crippen LogP contribution is -2.24. The summed E-state index contributed by atoms with van der Waals surface area (Å²) in [6.07, 6.45) is 6.11. The molecule has 3 N–H and O–H groups in total. The van der Waals surface area contributed by atoms with Crippen LogP contribution >= 0.6 is 11.3 Å². The maximum absolute atomic E-state index is 7.42. The highest BCUT2D eigenvalue weighted by atomic mass is 32.1. The van der Waals surface area contributed by atoms with Crippen molar-refractivity contribution in [3.8, 4) is 0 Å². The van der Waals surface area contributed by atoms with Crippen LogP contribution in [0.4, 0.5) is 5.13 Å². The normalized spacial score (nSPS) is 17.5. The molecule has 0 spiro atoms. The molecular weight excluding hydrogens is 254 g/mol. The molecule has 0 unspecified atom stereocenters. The van der Waals surface area contributed by atoms with Crippen LogP contribution in [0.25, 0.3) is 0 Å². The summed E-state index contributed by atoms with van der Waals surface area (Å²) in [7, 11) is 0. The summed E-state index contributed by atoms with van der Waals surface area (Å²) in [6.45, 7) is 0. The molecule has 0 amide bonds. The third-order valence-electron chi connectivity index (χ3n) is 4.08. The second-order valence-corrected chi connectivity index (χ2v) is 6.02. The van der Waals surface area contributed by atoms with Crippen molar-refractivity contribution in [3.05, 3.63) is 46.5 Å². The zero-order valence-electron chi connectivity index (χ0n) is 10.7. The molecule has 4 heteroatoms. The van der Waals surface area contributed by atoms with Crippen LogP contribution in [-0.4, -0.2) is 11.2 Å². The summed E-state index contributed by atoms with van der Waals surface area (Å²) < 4.78 is 0. The molecule has 3 rings (SSSR count). The van der Waals surface area contributed by atoms with Gasteiger partial charge in [-0.05, 0) is 30.0 Å². The minimum atomic E-state index is 0.00708. The monoisotopic (exact) mass is 271 g/mol. The fourth-order valence-corrected chi connectivity index (χ4v) is 3.77. The van der Waals surface area contributed by atoms with Crippen LogP contribution in [0.5, 0.6) is 0 Å². The van der Waals surface area contributed by atoms with E-state index in [4.69, 9.17) is 11.1 Å². The number of aromatic nitrogens is 1. The van der Waals surface area contributed by atoms with Gasteiger partial charge in [0.2, 0.25) is 0 Å². The van der Waals surface area contributed by atoms with Crippen LogP contribution in [0, 0.1) is 5.41 Å². The van der Waals surface area contributed by atoms with E-state index in [9.17, 15) is 0 Å². The Hall–Kier alpha value is -1.68. The van der Waals surface area contributed by atoms with Crippen molar-refractivity contribution in [2.45, 2.75) is 31.1 Å². The topological polar surface area (TPSA) is 62.8 Å². The summed E-state index contributed by atoms with van der Waals surface area (Å²) >= 11 is 1.52. The Labute approximate surface area is 117 Å². The van der Waals surface area contributed by atoms with Crippen LogP contribution < -0.4 is 5.73 Å². The van der Waals surface area contributed by atoms with Gasteiger partial charge in [0, 0.05) is 17.0 Å². The number of nitrogen functional groups attached to an aromatic ring is 1. The Kier molecular flexibility index (Phi) is 3.11. The molecule has 1 heterocycles. The van der Waals surface area contributed by atoms with Gasteiger partial charge in [-0.2, -0.15) is 0 Å². The van der Waals surface area contributed by atoms with Crippen molar-refractivity contribution in [3.63, 3.8) is 0 Å². The summed E-state index contributed by atoms with van der Waals surface area (Å²) in [6, 6.07) is 8.28. The van der Waals surface area contributed by atoms with Crippen molar-refractivity contribution in [1.29, 1.82) is 5.41 Å². The van der Waals surface area contributed by atoms with E-state index in [1.807, 2.05) is 12.1 Å². The highest BCUT2D eigenvalue weighted by Gasteiger charge is 2.39. The van der Waals surface area contributed by atoms with Crippen molar-refractivity contribution >= 4 is 22.7 Å².